The summed E-state index contributed by atoms with van der Waals surface area (Å²) in [4.78, 5) is 64.1. The molecule has 16 heteroatoms. The standard InChI is InChI=1S/C25H26ClN5O10/c1-14-22(19-13-38-23(18(19)12-27-14)15-2-4-17(26)5-3-15)39-25(33)29-8-6-28(7-9-29)24(32)16-10-20(40-30(34)35)21(11-16)41-31(36)37/h2-5,12,16,20-21,23H,6-11,13H2,1H3/t16-,20+,21-,23-/m0/s1. The Kier molecular flexibility index (Phi) is 8.08. The first-order valence-corrected chi connectivity index (χ1v) is 13.2. The maximum Gasteiger partial charge on any atom is 0.415 e. The van der Waals surface area contributed by atoms with Crippen LogP contribution in [-0.2, 0) is 25.8 Å². The molecule has 2 aromatic rings. The smallest absolute Gasteiger partial charge is 0.408 e. The van der Waals surface area contributed by atoms with Crippen LogP contribution in [0.5, 0.6) is 5.75 Å². The first kappa shape index (κ1) is 28.3. The Morgan fingerprint density at radius 2 is 1.59 bits per heavy atom. The third kappa shape index (κ3) is 6.10. The molecule has 3 heterocycles. The first-order chi connectivity index (χ1) is 19.6. The third-order valence-electron chi connectivity index (χ3n) is 7.48. The number of fused-ring (bicyclic) bond motifs is 1. The van der Waals surface area contributed by atoms with Crippen LogP contribution in [-0.4, -0.2) is 75.3 Å². The first-order valence-electron chi connectivity index (χ1n) is 12.8. The molecule has 5 rings (SSSR count). The van der Waals surface area contributed by atoms with Gasteiger partial charge in [0.05, 0.1) is 12.3 Å². The Morgan fingerprint density at radius 1 is 1.00 bits per heavy atom. The normalized spacial score (nSPS) is 23.6. The highest BCUT2D eigenvalue weighted by Crippen LogP contribution is 2.41. The lowest BCUT2D eigenvalue weighted by molar-refractivity contribution is -0.797. The van der Waals surface area contributed by atoms with E-state index in [1.807, 2.05) is 12.1 Å². The van der Waals surface area contributed by atoms with Crippen molar-refractivity contribution in [3.63, 3.8) is 0 Å². The van der Waals surface area contributed by atoms with Gasteiger partial charge >= 0.3 is 6.09 Å². The molecule has 218 valence electrons. The fourth-order valence-corrected chi connectivity index (χ4v) is 5.58. The zero-order valence-electron chi connectivity index (χ0n) is 21.8. The topological polar surface area (TPSA) is 177 Å². The number of hydrogen-bond donors (Lipinski definition) is 0. The number of ether oxygens (including phenoxy) is 2. The Bertz CT molecular complexity index is 1330. The van der Waals surface area contributed by atoms with Gasteiger partial charge in [0.25, 0.3) is 10.2 Å². The number of pyridine rings is 1. The molecule has 0 radical (unpaired) electrons. The van der Waals surface area contributed by atoms with Gasteiger partial charge in [0, 0.05) is 54.4 Å². The van der Waals surface area contributed by atoms with Gasteiger partial charge in [0.2, 0.25) is 5.91 Å². The maximum absolute atomic E-state index is 13.1. The molecule has 1 saturated heterocycles. The molecular formula is C25H26ClN5O10. The van der Waals surface area contributed by atoms with E-state index in [-0.39, 0.29) is 57.6 Å². The zero-order valence-corrected chi connectivity index (χ0v) is 22.6. The predicted molar refractivity (Wildman–Crippen MR) is 138 cm³/mol. The number of hydrogen-bond acceptors (Lipinski definition) is 11. The zero-order chi connectivity index (χ0) is 29.3. The molecule has 1 aromatic heterocycles. The van der Waals surface area contributed by atoms with Gasteiger partial charge in [-0.3, -0.25) is 9.78 Å². The van der Waals surface area contributed by atoms with Gasteiger partial charge in [-0.1, -0.05) is 23.7 Å². The lowest BCUT2D eigenvalue weighted by Gasteiger charge is -2.35. The molecule has 2 aliphatic heterocycles. The van der Waals surface area contributed by atoms with Crippen molar-refractivity contribution >= 4 is 23.6 Å². The SMILES string of the molecule is Cc1ncc2c(c1OC(=O)N1CCN(C(=O)[C@@H]3C[C@H](O[N+](=O)[O-])[C@H](O[N+](=O)[O-])C3)CC1)CO[C@H]2c1ccc(Cl)cc1. The van der Waals surface area contributed by atoms with Crippen molar-refractivity contribution in [2.75, 3.05) is 26.2 Å². The number of amides is 2. The summed E-state index contributed by atoms with van der Waals surface area (Å²) in [6, 6.07) is 7.28. The van der Waals surface area contributed by atoms with E-state index >= 15 is 0 Å². The van der Waals surface area contributed by atoms with Crippen molar-refractivity contribution in [2.45, 2.75) is 44.7 Å². The molecular weight excluding hydrogens is 566 g/mol. The molecule has 2 fully saturated rings. The molecule has 0 bridgehead atoms. The van der Waals surface area contributed by atoms with Crippen molar-refractivity contribution in [1.29, 1.82) is 0 Å². The lowest BCUT2D eigenvalue weighted by atomic mass is 10.0. The summed E-state index contributed by atoms with van der Waals surface area (Å²) in [5.41, 5.74) is 2.96. The third-order valence-corrected chi connectivity index (χ3v) is 7.73. The van der Waals surface area contributed by atoms with Crippen LogP contribution in [0.25, 0.3) is 0 Å². The molecule has 0 N–H and O–H groups in total. The Hall–Kier alpha value is -4.24. The van der Waals surface area contributed by atoms with Crippen LogP contribution in [0.15, 0.2) is 30.5 Å². The average molecular weight is 592 g/mol. The Balaban J connectivity index is 1.19. The number of rotatable bonds is 7. The summed E-state index contributed by atoms with van der Waals surface area (Å²) >= 11 is 6.01. The number of aryl methyl sites for hydroxylation is 1. The number of nitrogens with zero attached hydrogens (tertiary/aromatic N) is 5. The Labute approximate surface area is 238 Å². The number of benzene rings is 1. The summed E-state index contributed by atoms with van der Waals surface area (Å²) in [7, 11) is 0. The highest BCUT2D eigenvalue weighted by atomic mass is 35.5. The largest absolute Gasteiger partial charge is 0.415 e. The van der Waals surface area contributed by atoms with E-state index in [0.717, 1.165) is 16.7 Å². The van der Waals surface area contributed by atoms with Gasteiger partial charge in [-0.25, -0.2) is 4.79 Å². The van der Waals surface area contributed by atoms with Crippen molar-refractivity contribution in [1.82, 2.24) is 14.8 Å². The van der Waals surface area contributed by atoms with Gasteiger partial charge in [-0.2, -0.15) is 0 Å². The monoisotopic (exact) mass is 591 g/mol. The molecule has 1 aliphatic carbocycles. The van der Waals surface area contributed by atoms with E-state index in [1.54, 1.807) is 25.3 Å². The van der Waals surface area contributed by atoms with Crippen molar-refractivity contribution < 1.29 is 38.9 Å². The molecule has 41 heavy (non-hydrogen) atoms. The van der Waals surface area contributed by atoms with Crippen LogP contribution < -0.4 is 4.74 Å². The number of carbonyl (C=O) groups excluding carboxylic acids is 2. The molecule has 0 spiro atoms. The molecule has 1 aromatic carbocycles. The van der Waals surface area contributed by atoms with Crippen LogP contribution in [0.1, 0.15) is 41.3 Å². The summed E-state index contributed by atoms with van der Waals surface area (Å²) in [6.45, 7) is 2.73. The van der Waals surface area contributed by atoms with Gasteiger partial charge in [-0.15, -0.1) is 20.2 Å². The second kappa shape index (κ2) is 11.7. The van der Waals surface area contributed by atoms with E-state index in [2.05, 4.69) is 14.7 Å². The van der Waals surface area contributed by atoms with E-state index in [9.17, 15) is 29.8 Å². The van der Waals surface area contributed by atoms with E-state index in [4.69, 9.17) is 21.1 Å². The quantitative estimate of drug-likeness (QED) is 0.341. The van der Waals surface area contributed by atoms with Crippen LogP contribution in [0.2, 0.25) is 5.02 Å². The number of piperazine rings is 1. The number of carbonyl (C=O) groups is 2. The minimum absolute atomic E-state index is 0.0922. The molecule has 4 atom stereocenters. The van der Waals surface area contributed by atoms with Gasteiger partial charge in [0.15, 0.2) is 5.75 Å². The highest BCUT2D eigenvalue weighted by Gasteiger charge is 2.44. The van der Waals surface area contributed by atoms with Crippen LogP contribution in [0.3, 0.4) is 0 Å². The van der Waals surface area contributed by atoms with Crippen LogP contribution in [0.4, 0.5) is 4.79 Å². The summed E-state index contributed by atoms with van der Waals surface area (Å²) in [5, 5.41) is 20.0. The number of halogens is 1. The predicted octanol–water partition coefficient (Wildman–Crippen LogP) is 2.87. The maximum atomic E-state index is 13.1. The summed E-state index contributed by atoms with van der Waals surface area (Å²) < 4.78 is 11.8. The fraction of sp³-hybridized carbons (Fsp3) is 0.480. The fourth-order valence-electron chi connectivity index (χ4n) is 5.46. The summed E-state index contributed by atoms with van der Waals surface area (Å²) in [6.07, 6.45) is -1.89. The molecule has 1 saturated carbocycles. The van der Waals surface area contributed by atoms with Gasteiger partial charge in [0.1, 0.15) is 18.3 Å². The van der Waals surface area contributed by atoms with Gasteiger partial charge in [-0.05, 0) is 37.5 Å². The highest BCUT2D eigenvalue weighted by molar-refractivity contribution is 6.30. The summed E-state index contributed by atoms with van der Waals surface area (Å²) in [5.74, 6) is -0.754. The second-order valence-corrected chi connectivity index (χ2v) is 10.4. The molecule has 15 nitrogen and oxygen atoms in total. The minimum atomic E-state index is -1.23. The van der Waals surface area contributed by atoms with Crippen molar-refractivity contribution in [3.05, 3.63) is 78.1 Å². The van der Waals surface area contributed by atoms with Crippen molar-refractivity contribution in [2.24, 2.45) is 5.92 Å². The van der Waals surface area contributed by atoms with E-state index in [1.165, 1.54) is 9.80 Å². The van der Waals surface area contributed by atoms with Gasteiger partial charge < -0.3 is 28.9 Å². The number of aromatic nitrogens is 1. The van der Waals surface area contributed by atoms with Crippen molar-refractivity contribution in [3.8, 4) is 5.75 Å². The van der Waals surface area contributed by atoms with E-state index in [0.29, 0.717) is 16.5 Å². The van der Waals surface area contributed by atoms with E-state index < -0.39 is 34.4 Å². The Morgan fingerprint density at radius 3 is 2.17 bits per heavy atom. The molecule has 3 aliphatic rings. The molecule has 2 amide bonds. The lowest BCUT2D eigenvalue weighted by Crippen LogP contribution is -2.52. The molecule has 0 unspecified atom stereocenters. The van der Waals surface area contributed by atoms with Crippen LogP contribution >= 0.6 is 11.6 Å². The second-order valence-electron chi connectivity index (χ2n) is 9.93. The minimum Gasteiger partial charge on any atom is -0.408 e. The van der Waals surface area contributed by atoms with Crippen LogP contribution in [0, 0.1) is 33.1 Å². The average Bonchev–Trinajstić information content (AvgIpc) is 3.54.